The fraction of sp³-hybridized carbons (Fsp3) is 0.429. The zero-order chi connectivity index (χ0) is 17.1. The highest BCUT2D eigenvalue weighted by molar-refractivity contribution is 7.92. The minimum atomic E-state index is -3.47. The van der Waals surface area contributed by atoms with Gasteiger partial charge in [-0.25, -0.2) is 13.2 Å². The van der Waals surface area contributed by atoms with E-state index in [1.54, 1.807) is 26.8 Å². The van der Waals surface area contributed by atoms with Crippen LogP contribution in [0.4, 0.5) is 5.69 Å². The van der Waals surface area contributed by atoms with Crippen LogP contribution in [0.15, 0.2) is 18.2 Å². The van der Waals surface area contributed by atoms with Gasteiger partial charge >= 0.3 is 5.97 Å². The van der Waals surface area contributed by atoms with Crippen LogP contribution in [0.1, 0.15) is 29.8 Å². The predicted molar refractivity (Wildman–Crippen MR) is 83.4 cm³/mol. The van der Waals surface area contributed by atoms with Gasteiger partial charge < -0.3 is 10.4 Å². The molecule has 122 valence electrons. The van der Waals surface area contributed by atoms with Gasteiger partial charge in [-0.2, -0.15) is 0 Å². The summed E-state index contributed by atoms with van der Waals surface area (Å²) in [6.07, 6.45) is 1.01. The van der Waals surface area contributed by atoms with E-state index in [2.05, 4.69) is 10.0 Å². The van der Waals surface area contributed by atoms with E-state index in [1.807, 2.05) is 0 Å². The predicted octanol–water partition coefficient (Wildman–Crippen LogP) is 1.21. The first-order valence-corrected chi connectivity index (χ1v) is 8.52. The lowest BCUT2D eigenvalue weighted by molar-refractivity contribution is -0.140. The lowest BCUT2D eigenvalue weighted by Crippen LogP contribution is -2.44. The zero-order valence-electron chi connectivity index (χ0n) is 12.9. The SMILES string of the molecule is Cc1ccc(C(=O)N[C@@H](C(=O)O)C(C)C)cc1NS(C)(=O)=O. The minimum Gasteiger partial charge on any atom is -0.480 e. The van der Waals surface area contributed by atoms with Crippen molar-refractivity contribution in [1.82, 2.24) is 5.32 Å². The number of hydrogen-bond acceptors (Lipinski definition) is 4. The van der Waals surface area contributed by atoms with Crippen molar-refractivity contribution >= 4 is 27.6 Å². The van der Waals surface area contributed by atoms with Crippen LogP contribution in [0.25, 0.3) is 0 Å². The number of aliphatic carboxylic acids is 1. The largest absolute Gasteiger partial charge is 0.480 e. The zero-order valence-corrected chi connectivity index (χ0v) is 13.7. The molecule has 0 radical (unpaired) electrons. The highest BCUT2D eigenvalue weighted by atomic mass is 32.2. The third kappa shape index (κ3) is 5.03. The van der Waals surface area contributed by atoms with Gasteiger partial charge in [0, 0.05) is 5.56 Å². The molecule has 0 fully saturated rings. The van der Waals surface area contributed by atoms with Crippen molar-refractivity contribution < 1.29 is 23.1 Å². The maximum Gasteiger partial charge on any atom is 0.326 e. The third-order valence-electron chi connectivity index (χ3n) is 3.01. The number of amides is 1. The van der Waals surface area contributed by atoms with Crippen LogP contribution in [0.5, 0.6) is 0 Å². The lowest BCUT2D eigenvalue weighted by Gasteiger charge is -2.18. The molecule has 1 aromatic carbocycles. The number of carbonyl (C=O) groups is 2. The number of hydrogen-bond donors (Lipinski definition) is 3. The Labute approximate surface area is 129 Å². The Bertz CT molecular complexity index is 682. The van der Waals surface area contributed by atoms with Gasteiger partial charge in [0.2, 0.25) is 10.0 Å². The quantitative estimate of drug-likeness (QED) is 0.726. The van der Waals surface area contributed by atoms with E-state index in [4.69, 9.17) is 5.11 Å². The Hall–Kier alpha value is -2.09. The topological polar surface area (TPSA) is 113 Å². The molecule has 3 N–H and O–H groups in total. The first-order valence-electron chi connectivity index (χ1n) is 6.63. The summed E-state index contributed by atoms with van der Waals surface area (Å²) in [5, 5.41) is 11.5. The molecule has 0 bridgehead atoms. The van der Waals surface area contributed by atoms with Crippen molar-refractivity contribution in [2.75, 3.05) is 11.0 Å². The number of anilines is 1. The van der Waals surface area contributed by atoms with Gasteiger partial charge in [-0.05, 0) is 30.5 Å². The Morgan fingerprint density at radius 3 is 2.27 bits per heavy atom. The standard InChI is InChI=1S/C14H20N2O5S/c1-8(2)12(14(18)19)15-13(17)10-6-5-9(3)11(7-10)16-22(4,20)21/h5-8,12,16H,1-4H3,(H,15,17)(H,18,19)/t12-/m1/s1. The summed E-state index contributed by atoms with van der Waals surface area (Å²) in [7, 11) is -3.47. The Balaban J connectivity index is 3.04. The van der Waals surface area contributed by atoms with Gasteiger partial charge in [-0.15, -0.1) is 0 Å². The number of aryl methyl sites for hydroxylation is 1. The number of carbonyl (C=O) groups excluding carboxylic acids is 1. The normalized spacial score (nSPS) is 12.8. The minimum absolute atomic E-state index is 0.184. The first-order chi connectivity index (χ1) is 10.0. The second-order valence-electron chi connectivity index (χ2n) is 5.44. The molecule has 1 aromatic rings. The van der Waals surface area contributed by atoms with E-state index in [9.17, 15) is 18.0 Å². The summed E-state index contributed by atoms with van der Waals surface area (Å²) >= 11 is 0. The summed E-state index contributed by atoms with van der Waals surface area (Å²) in [4.78, 5) is 23.3. The lowest BCUT2D eigenvalue weighted by atomic mass is 10.0. The highest BCUT2D eigenvalue weighted by Gasteiger charge is 2.24. The number of rotatable bonds is 6. The van der Waals surface area contributed by atoms with Crippen molar-refractivity contribution in [3.05, 3.63) is 29.3 Å². The fourth-order valence-electron chi connectivity index (χ4n) is 1.81. The summed E-state index contributed by atoms with van der Waals surface area (Å²) in [5.41, 5.74) is 1.12. The van der Waals surface area contributed by atoms with Crippen molar-refractivity contribution in [1.29, 1.82) is 0 Å². The summed E-state index contributed by atoms with van der Waals surface area (Å²) in [6, 6.07) is 3.47. The van der Waals surface area contributed by atoms with Gasteiger partial charge in [-0.1, -0.05) is 19.9 Å². The van der Waals surface area contributed by atoms with Crippen molar-refractivity contribution in [2.45, 2.75) is 26.8 Å². The van der Waals surface area contributed by atoms with E-state index in [1.165, 1.54) is 12.1 Å². The van der Waals surface area contributed by atoms with Crippen LogP contribution in [0, 0.1) is 12.8 Å². The number of sulfonamides is 1. The van der Waals surface area contributed by atoms with Gasteiger partial charge in [0.1, 0.15) is 6.04 Å². The average molecular weight is 328 g/mol. The number of nitrogens with one attached hydrogen (secondary N) is 2. The molecule has 0 aliphatic carbocycles. The maximum absolute atomic E-state index is 12.1. The number of benzene rings is 1. The fourth-order valence-corrected chi connectivity index (χ4v) is 2.43. The van der Waals surface area contributed by atoms with Crippen LogP contribution < -0.4 is 10.0 Å². The van der Waals surface area contributed by atoms with E-state index < -0.39 is 27.9 Å². The number of carboxylic acids is 1. The Kier molecular flexibility index (Phi) is 5.54. The van der Waals surface area contributed by atoms with Crippen LogP contribution >= 0.6 is 0 Å². The first kappa shape index (κ1) is 18.0. The smallest absolute Gasteiger partial charge is 0.326 e. The van der Waals surface area contributed by atoms with Crippen LogP contribution in [0.3, 0.4) is 0 Å². The average Bonchev–Trinajstić information content (AvgIpc) is 2.35. The van der Waals surface area contributed by atoms with Gasteiger partial charge in [0.25, 0.3) is 5.91 Å². The molecule has 8 heteroatoms. The van der Waals surface area contributed by atoms with Gasteiger partial charge in [0.15, 0.2) is 0 Å². The molecular weight excluding hydrogens is 308 g/mol. The highest BCUT2D eigenvalue weighted by Crippen LogP contribution is 2.18. The third-order valence-corrected chi connectivity index (χ3v) is 3.61. The van der Waals surface area contributed by atoms with Crippen molar-refractivity contribution in [3.8, 4) is 0 Å². The van der Waals surface area contributed by atoms with E-state index in [0.29, 0.717) is 5.56 Å². The molecule has 22 heavy (non-hydrogen) atoms. The molecule has 0 heterocycles. The molecule has 0 spiro atoms. The molecule has 7 nitrogen and oxygen atoms in total. The van der Waals surface area contributed by atoms with Crippen molar-refractivity contribution in [3.63, 3.8) is 0 Å². The van der Waals surface area contributed by atoms with Gasteiger partial charge in [-0.3, -0.25) is 9.52 Å². The van der Waals surface area contributed by atoms with E-state index in [0.717, 1.165) is 6.26 Å². The molecule has 1 rings (SSSR count). The number of carboxylic acid groups (broad SMARTS) is 1. The molecule has 1 amide bonds. The van der Waals surface area contributed by atoms with Crippen molar-refractivity contribution in [2.24, 2.45) is 5.92 Å². The molecule has 0 saturated carbocycles. The summed E-state index contributed by atoms with van der Waals surface area (Å²) in [6.45, 7) is 5.07. The van der Waals surface area contributed by atoms with E-state index >= 15 is 0 Å². The molecule has 0 aromatic heterocycles. The summed E-state index contributed by atoms with van der Waals surface area (Å²) in [5.74, 6) is -1.97. The molecule has 1 atom stereocenters. The van der Waals surface area contributed by atoms with Crippen LogP contribution in [-0.2, 0) is 14.8 Å². The Morgan fingerprint density at radius 2 is 1.82 bits per heavy atom. The second kappa shape index (κ2) is 6.78. The molecule has 0 aliphatic heterocycles. The second-order valence-corrected chi connectivity index (χ2v) is 7.19. The molecule has 0 unspecified atom stereocenters. The monoisotopic (exact) mass is 328 g/mol. The molecular formula is C14H20N2O5S. The van der Waals surface area contributed by atoms with Crippen LogP contribution in [0.2, 0.25) is 0 Å². The molecule has 0 saturated heterocycles. The molecule has 0 aliphatic rings. The van der Waals surface area contributed by atoms with E-state index in [-0.39, 0.29) is 17.2 Å². The Morgan fingerprint density at radius 1 is 1.23 bits per heavy atom. The van der Waals surface area contributed by atoms with Gasteiger partial charge in [0.05, 0.1) is 11.9 Å². The summed E-state index contributed by atoms with van der Waals surface area (Å²) < 4.78 is 24.9. The maximum atomic E-state index is 12.1. The van der Waals surface area contributed by atoms with Crippen LogP contribution in [-0.4, -0.2) is 37.7 Å².